The van der Waals surface area contributed by atoms with E-state index >= 15 is 0 Å². The van der Waals surface area contributed by atoms with Crippen molar-refractivity contribution < 1.29 is 14.3 Å². The predicted molar refractivity (Wildman–Crippen MR) is 93.4 cm³/mol. The van der Waals surface area contributed by atoms with Gasteiger partial charge in [-0.1, -0.05) is 30.3 Å². The summed E-state index contributed by atoms with van der Waals surface area (Å²) < 4.78 is 5.48. The van der Waals surface area contributed by atoms with E-state index in [9.17, 15) is 9.59 Å². The predicted octanol–water partition coefficient (Wildman–Crippen LogP) is 3.00. The summed E-state index contributed by atoms with van der Waals surface area (Å²) in [6, 6.07) is 15.3. The van der Waals surface area contributed by atoms with E-state index in [1.165, 1.54) is 0 Å². The fraction of sp³-hybridized carbons (Fsp3) is 0.263. The minimum absolute atomic E-state index is 0.0340. The Morgan fingerprint density at radius 1 is 1.21 bits per heavy atom. The van der Waals surface area contributed by atoms with Crippen molar-refractivity contribution in [1.29, 1.82) is 0 Å². The van der Waals surface area contributed by atoms with Crippen LogP contribution in [0.1, 0.15) is 18.9 Å². The normalized spacial score (nSPS) is 13.2. The van der Waals surface area contributed by atoms with Gasteiger partial charge in [0.15, 0.2) is 6.61 Å². The molecular weight excluding hydrogens is 304 g/mol. The molecule has 1 heterocycles. The van der Waals surface area contributed by atoms with Crippen molar-refractivity contribution in [2.45, 2.75) is 19.8 Å². The maximum atomic E-state index is 12.1. The van der Waals surface area contributed by atoms with Crippen molar-refractivity contribution in [3.63, 3.8) is 0 Å². The first-order valence-corrected chi connectivity index (χ1v) is 8.08. The number of hydrogen-bond donors (Lipinski definition) is 1. The molecule has 0 spiro atoms. The summed E-state index contributed by atoms with van der Waals surface area (Å²) in [7, 11) is 0. The average Bonchev–Trinajstić information content (AvgIpc) is 2.61. The van der Waals surface area contributed by atoms with Crippen molar-refractivity contribution in [3.05, 3.63) is 54.1 Å². The van der Waals surface area contributed by atoms with E-state index < -0.39 is 0 Å². The largest absolute Gasteiger partial charge is 0.481 e. The number of likely N-dealkylation sites (N-methyl/N-ethyl adjacent to an activating group) is 1. The highest BCUT2D eigenvalue weighted by molar-refractivity contribution is 5.99. The lowest BCUT2D eigenvalue weighted by molar-refractivity contribution is -0.121. The van der Waals surface area contributed by atoms with Crippen LogP contribution in [0.4, 0.5) is 11.4 Å². The molecule has 0 bridgehead atoms. The number of carbonyl (C=O) groups is 2. The van der Waals surface area contributed by atoms with Gasteiger partial charge in [-0.2, -0.15) is 0 Å². The van der Waals surface area contributed by atoms with Crippen molar-refractivity contribution in [2.24, 2.45) is 0 Å². The number of rotatable bonds is 5. The van der Waals surface area contributed by atoms with Crippen LogP contribution >= 0.6 is 0 Å². The lowest BCUT2D eigenvalue weighted by Gasteiger charge is -2.28. The Balaban J connectivity index is 1.64. The fourth-order valence-electron chi connectivity index (χ4n) is 2.75. The first-order chi connectivity index (χ1) is 11.7. The van der Waals surface area contributed by atoms with Gasteiger partial charge >= 0.3 is 0 Å². The third-order valence-electron chi connectivity index (χ3n) is 3.99. The molecule has 0 unspecified atom stereocenters. The molecule has 0 atom stereocenters. The zero-order valence-corrected chi connectivity index (χ0v) is 13.6. The van der Waals surface area contributed by atoms with Crippen LogP contribution in [0.2, 0.25) is 0 Å². The van der Waals surface area contributed by atoms with Crippen LogP contribution in [0.5, 0.6) is 5.75 Å². The van der Waals surface area contributed by atoms with Crippen LogP contribution in [0.15, 0.2) is 48.5 Å². The van der Waals surface area contributed by atoms with E-state index in [0.717, 1.165) is 11.3 Å². The van der Waals surface area contributed by atoms with Crippen molar-refractivity contribution in [3.8, 4) is 5.75 Å². The van der Waals surface area contributed by atoms with Gasteiger partial charge in [-0.15, -0.1) is 0 Å². The van der Waals surface area contributed by atoms with Crippen LogP contribution in [-0.2, 0) is 16.0 Å². The third kappa shape index (κ3) is 3.56. The van der Waals surface area contributed by atoms with Crippen molar-refractivity contribution in [1.82, 2.24) is 0 Å². The van der Waals surface area contributed by atoms with E-state index in [-0.39, 0.29) is 18.4 Å². The zero-order valence-electron chi connectivity index (χ0n) is 13.6. The highest BCUT2D eigenvalue weighted by atomic mass is 16.5. The van der Waals surface area contributed by atoms with E-state index in [1.807, 2.05) is 43.3 Å². The average molecular weight is 324 g/mol. The second-order valence-corrected chi connectivity index (χ2v) is 5.64. The molecule has 1 aliphatic heterocycles. The summed E-state index contributed by atoms with van der Waals surface area (Å²) in [5.74, 6) is 0.528. The van der Waals surface area contributed by atoms with Crippen molar-refractivity contribution >= 4 is 23.2 Å². The fourth-order valence-corrected chi connectivity index (χ4v) is 2.75. The number of anilines is 2. The molecule has 0 aromatic heterocycles. The molecule has 0 aliphatic carbocycles. The first-order valence-electron chi connectivity index (χ1n) is 8.08. The van der Waals surface area contributed by atoms with Crippen LogP contribution < -0.4 is 15.0 Å². The molecule has 5 nitrogen and oxygen atoms in total. The molecule has 24 heavy (non-hydrogen) atoms. The second kappa shape index (κ2) is 7.17. The monoisotopic (exact) mass is 324 g/mol. The smallest absolute Gasteiger partial charge is 0.265 e. The molecule has 5 heteroatoms. The van der Waals surface area contributed by atoms with E-state index in [1.54, 1.807) is 17.0 Å². The van der Waals surface area contributed by atoms with Gasteiger partial charge in [-0.25, -0.2) is 0 Å². The van der Waals surface area contributed by atoms with Gasteiger partial charge in [0.05, 0.1) is 5.69 Å². The molecule has 0 saturated carbocycles. The van der Waals surface area contributed by atoms with Gasteiger partial charge in [0.25, 0.3) is 5.91 Å². The standard InChI is InChI=1S/C19H20N2O3/c1-2-21-16-10-9-15(12-17(16)24-13-19(21)23)20-18(22)11-8-14-6-4-3-5-7-14/h3-7,9-10,12H,2,8,11,13H2,1H3,(H,20,22). The Kier molecular flexibility index (Phi) is 4.79. The van der Waals surface area contributed by atoms with E-state index in [4.69, 9.17) is 4.74 Å². The van der Waals surface area contributed by atoms with Gasteiger partial charge in [-0.3, -0.25) is 9.59 Å². The molecule has 3 rings (SSSR count). The molecule has 1 N–H and O–H groups in total. The Morgan fingerprint density at radius 3 is 2.75 bits per heavy atom. The second-order valence-electron chi connectivity index (χ2n) is 5.64. The van der Waals surface area contributed by atoms with Gasteiger partial charge in [0.1, 0.15) is 5.75 Å². The minimum Gasteiger partial charge on any atom is -0.481 e. The quantitative estimate of drug-likeness (QED) is 0.920. The Labute approximate surface area is 141 Å². The summed E-state index contributed by atoms with van der Waals surface area (Å²) in [5, 5.41) is 2.88. The number of carbonyl (C=O) groups excluding carboxylic acids is 2. The molecule has 2 amide bonds. The number of hydrogen-bond acceptors (Lipinski definition) is 3. The maximum Gasteiger partial charge on any atom is 0.265 e. The topological polar surface area (TPSA) is 58.6 Å². The van der Waals surface area contributed by atoms with Gasteiger partial charge in [-0.05, 0) is 31.0 Å². The minimum atomic E-state index is -0.0513. The molecule has 0 fully saturated rings. The Morgan fingerprint density at radius 2 is 2.00 bits per heavy atom. The molecular formula is C19H20N2O3. The molecule has 0 radical (unpaired) electrons. The SMILES string of the molecule is CCN1C(=O)COc2cc(NC(=O)CCc3ccccc3)ccc21. The van der Waals surface area contributed by atoms with E-state index in [2.05, 4.69) is 5.32 Å². The van der Waals surface area contributed by atoms with Gasteiger partial charge < -0.3 is 15.0 Å². The molecule has 2 aromatic carbocycles. The molecule has 2 aromatic rings. The van der Waals surface area contributed by atoms with Crippen LogP contribution in [0.25, 0.3) is 0 Å². The van der Waals surface area contributed by atoms with Crippen LogP contribution in [-0.4, -0.2) is 25.0 Å². The lowest BCUT2D eigenvalue weighted by atomic mass is 10.1. The molecule has 0 saturated heterocycles. The first kappa shape index (κ1) is 16.1. The Hall–Kier alpha value is -2.82. The molecule has 124 valence electrons. The van der Waals surface area contributed by atoms with Crippen LogP contribution in [0.3, 0.4) is 0 Å². The Bertz CT molecular complexity index is 744. The number of nitrogens with one attached hydrogen (secondary N) is 1. The summed E-state index contributed by atoms with van der Waals surface area (Å²) >= 11 is 0. The summed E-state index contributed by atoms with van der Waals surface area (Å²) in [5.41, 5.74) is 2.56. The number of aryl methyl sites for hydroxylation is 1. The van der Waals surface area contributed by atoms with Crippen LogP contribution in [0, 0.1) is 0 Å². The number of nitrogens with zero attached hydrogens (tertiary/aromatic N) is 1. The number of benzene rings is 2. The highest BCUT2D eigenvalue weighted by Crippen LogP contribution is 2.34. The number of amides is 2. The lowest BCUT2D eigenvalue weighted by Crippen LogP contribution is -2.38. The number of ether oxygens (including phenoxy) is 1. The van der Waals surface area contributed by atoms with E-state index in [0.29, 0.717) is 30.8 Å². The number of fused-ring (bicyclic) bond motifs is 1. The van der Waals surface area contributed by atoms with Gasteiger partial charge in [0, 0.05) is 24.7 Å². The maximum absolute atomic E-state index is 12.1. The summed E-state index contributed by atoms with van der Waals surface area (Å²) in [4.78, 5) is 25.6. The highest BCUT2D eigenvalue weighted by Gasteiger charge is 2.24. The van der Waals surface area contributed by atoms with Crippen molar-refractivity contribution in [2.75, 3.05) is 23.4 Å². The summed E-state index contributed by atoms with van der Waals surface area (Å²) in [6.07, 6.45) is 1.12. The van der Waals surface area contributed by atoms with Gasteiger partial charge in [0.2, 0.25) is 5.91 Å². The third-order valence-corrected chi connectivity index (χ3v) is 3.99. The zero-order chi connectivity index (χ0) is 16.9. The molecule has 1 aliphatic rings. The summed E-state index contributed by atoms with van der Waals surface area (Å²) in [6.45, 7) is 2.55.